The zero-order valence-corrected chi connectivity index (χ0v) is 11.6. The molecule has 0 unspecified atom stereocenters. The number of hydrogen-bond acceptors (Lipinski definition) is 2. The lowest BCUT2D eigenvalue weighted by molar-refractivity contribution is 0.415. The van der Waals surface area contributed by atoms with Crippen LogP contribution in [0.25, 0.3) is 22.4 Å². The fourth-order valence-corrected chi connectivity index (χ4v) is 2.32. The topological polar surface area (TPSA) is 37.9 Å². The SMILES string of the molecule is COc1ccc2nc(-c3cccc(Cl)c3Cl)[nH]c2c1. The van der Waals surface area contributed by atoms with Crippen LogP contribution in [-0.4, -0.2) is 17.1 Å². The van der Waals surface area contributed by atoms with Crippen LogP contribution in [-0.2, 0) is 0 Å². The lowest BCUT2D eigenvalue weighted by Crippen LogP contribution is -1.82. The third kappa shape index (κ3) is 2.15. The molecule has 1 aromatic heterocycles. The molecule has 0 saturated carbocycles. The van der Waals surface area contributed by atoms with Crippen molar-refractivity contribution in [1.29, 1.82) is 0 Å². The summed E-state index contributed by atoms with van der Waals surface area (Å²) in [6.45, 7) is 0. The Morgan fingerprint density at radius 1 is 1.16 bits per heavy atom. The monoisotopic (exact) mass is 292 g/mol. The van der Waals surface area contributed by atoms with Gasteiger partial charge in [-0.15, -0.1) is 0 Å². The van der Waals surface area contributed by atoms with Gasteiger partial charge in [-0.2, -0.15) is 0 Å². The van der Waals surface area contributed by atoms with E-state index >= 15 is 0 Å². The highest BCUT2D eigenvalue weighted by atomic mass is 35.5. The third-order valence-electron chi connectivity index (χ3n) is 2.90. The Morgan fingerprint density at radius 3 is 2.79 bits per heavy atom. The van der Waals surface area contributed by atoms with E-state index in [-0.39, 0.29) is 0 Å². The van der Waals surface area contributed by atoms with Gasteiger partial charge in [0.2, 0.25) is 0 Å². The van der Waals surface area contributed by atoms with Gasteiger partial charge in [-0.05, 0) is 24.3 Å². The molecule has 2 aromatic carbocycles. The zero-order valence-electron chi connectivity index (χ0n) is 10.1. The standard InChI is InChI=1S/C14H10Cl2N2O/c1-19-8-5-6-11-12(7-8)18-14(17-11)9-3-2-4-10(15)13(9)16/h2-7H,1H3,(H,17,18). The Bertz CT molecular complexity index is 752. The summed E-state index contributed by atoms with van der Waals surface area (Å²) in [6, 6.07) is 11.1. The molecular weight excluding hydrogens is 283 g/mol. The van der Waals surface area contributed by atoms with Crippen molar-refractivity contribution in [2.24, 2.45) is 0 Å². The predicted molar refractivity (Wildman–Crippen MR) is 78.1 cm³/mol. The van der Waals surface area contributed by atoms with Crippen LogP contribution >= 0.6 is 23.2 Å². The van der Waals surface area contributed by atoms with Gasteiger partial charge in [0.15, 0.2) is 0 Å². The Morgan fingerprint density at radius 2 is 2.00 bits per heavy atom. The summed E-state index contributed by atoms with van der Waals surface area (Å²) in [5, 5.41) is 1.01. The maximum atomic E-state index is 6.20. The highest BCUT2D eigenvalue weighted by molar-refractivity contribution is 6.43. The average Bonchev–Trinajstić information content (AvgIpc) is 2.84. The lowest BCUT2D eigenvalue weighted by Gasteiger charge is -2.01. The van der Waals surface area contributed by atoms with E-state index in [1.54, 1.807) is 13.2 Å². The molecule has 0 radical (unpaired) electrons. The first-order valence-corrected chi connectivity index (χ1v) is 6.43. The number of rotatable bonds is 2. The molecule has 0 atom stereocenters. The number of nitrogens with one attached hydrogen (secondary N) is 1. The summed E-state index contributed by atoms with van der Waals surface area (Å²) in [4.78, 5) is 7.73. The normalized spacial score (nSPS) is 10.9. The van der Waals surface area contributed by atoms with Gasteiger partial charge in [-0.3, -0.25) is 0 Å². The van der Waals surface area contributed by atoms with Crippen molar-refractivity contribution >= 4 is 34.2 Å². The molecule has 0 aliphatic heterocycles. The van der Waals surface area contributed by atoms with Crippen LogP contribution < -0.4 is 4.74 Å². The molecule has 3 nitrogen and oxygen atoms in total. The van der Waals surface area contributed by atoms with E-state index in [0.29, 0.717) is 15.9 Å². The number of aromatic nitrogens is 2. The van der Waals surface area contributed by atoms with Crippen molar-refractivity contribution in [2.75, 3.05) is 7.11 Å². The second kappa shape index (κ2) is 4.76. The summed E-state index contributed by atoms with van der Waals surface area (Å²) in [5.74, 6) is 1.47. The molecule has 0 spiro atoms. The van der Waals surface area contributed by atoms with Gasteiger partial charge in [0.05, 0.1) is 28.2 Å². The van der Waals surface area contributed by atoms with Gasteiger partial charge < -0.3 is 9.72 Å². The maximum absolute atomic E-state index is 6.20. The number of H-pyrrole nitrogens is 1. The number of fused-ring (bicyclic) bond motifs is 1. The Hall–Kier alpha value is -1.71. The average molecular weight is 293 g/mol. The summed E-state index contributed by atoms with van der Waals surface area (Å²) in [7, 11) is 1.63. The summed E-state index contributed by atoms with van der Waals surface area (Å²) >= 11 is 12.2. The molecule has 3 rings (SSSR count). The number of aromatic amines is 1. The fourth-order valence-electron chi connectivity index (χ4n) is 1.93. The minimum atomic E-state index is 0.496. The van der Waals surface area contributed by atoms with Crippen molar-refractivity contribution in [3.63, 3.8) is 0 Å². The first kappa shape index (κ1) is 12.3. The molecule has 1 heterocycles. The summed E-state index contributed by atoms with van der Waals surface area (Å²) < 4.78 is 5.19. The Labute approximate surface area is 120 Å². The van der Waals surface area contributed by atoms with Crippen LogP contribution in [0.1, 0.15) is 0 Å². The van der Waals surface area contributed by atoms with E-state index in [4.69, 9.17) is 27.9 Å². The fraction of sp³-hybridized carbons (Fsp3) is 0.0714. The second-order valence-corrected chi connectivity index (χ2v) is 4.86. The van der Waals surface area contributed by atoms with E-state index in [0.717, 1.165) is 22.3 Å². The first-order valence-electron chi connectivity index (χ1n) is 5.67. The first-order chi connectivity index (χ1) is 9.19. The Kier molecular flexibility index (Phi) is 3.09. The molecule has 0 saturated heterocycles. The maximum Gasteiger partial charge on any atom is 0.140 e. The van der Waals surface area contributed by atoms with Crippen LogP contribution in [0.15, 0.2) is 36.4 Å². The van der Waals surface area contributed by atoms with Crippen molar-refractivity contribution in [2.45, 2.75) is 0 Å². The molecule has 3 aromatic rings. The quantitative estimate of drug-likeness (QED) is 0.753. The number of nitrogens with zero attached hydrogens (tertiary/aromatic N) is 1. The molecule has 0 amide bonds. The second-order valence-electron chi connectivity index (χ2n) is 4.07. The van der Waals surface area contributed by atoms with E-state index in [2.05, 4.69) is 9.97 Å². The van der Waals surface area contributed by atoms with Gasteiger partial charge in [0.1, 0.15) is 11.6 Å². The molecule has 0 aliphatic carbocycles. The van der Waals surface area contributed by atoms with Crippen LogP contribution in [0.2, 0.25) is 10.0 Å². The number of methoxy groups -OCH3 is 1. The van der Waals surface area contributed by atoms with E-state index in [1.807, 2.05) is 30.3 Å². The largest absolute Gasteiger partial charge is 0.497 e. The van der Waals surface area contributed by atoms with Crippen molar-refractivity contribution in [3.05, 3.63) is 46.4 Å². The van der Waals surface area contributed by atoms with Crippen LogP contribution in [0.4, 0.5) is 0 Å². The number of benzene rings is 2. The number of ether oxygens (including phenoxy) is 1. The van der Waals surface area contributed by atoms with Gasteiger partial charge >= 0.3 is 0 Å². The lowest BCUT2D eigenvalue weighted by atomic mass is 10.2. The molecule has 5 heteroatoms. The number of imidazole rings is 1. The van der Waals surface area contributed by atoms with E-state index in [1.165, 1.54) is 0 Å². The van der Waals surface area contributed by atoms with Crippen molar-refractivity contribution in [1.82, 2.24) is 9.97 Å². The predicted octanol–water partition coefficient (Wildman–Crippen LogP) is 4.55. The molecule has 0 aliphatic rings. The van der Waals surface area contributed by atoms with Crippen LogP contribution in [0.5, 0.6) is 5.75 Å². The highest BCUT2D eigenvalue weighted by Gasteiger charge is 2.11. The zero-order chi connectivity index (χ0) is 13.4. The molecule has 1 N–H and O–H groups in total. The number of hydrogen-bond donors (Lipinski definition) is 1. The van der Waals surface area contributed by atoms with E-state index in [9.17, 15) is 0 Å². The van der Waals surface area contributed by atoms with Gasteiger partial charge in [0, 0.05) is 11.6 Å². The third-order valence-corrected chi connectivity index (χ3v) is 3.71. The minimum Gasteiger partial charge on any atom is -0.497 e. The molecule has 19 heavy (non-hydrogen) atoms. The number of halogens is 2. The van der Waals surface area contributed by atoms with Gasteiger partial charge in [-0.1, -0.05) is 29.3 Å². The van der Waals surface area contributed by atoms with E-state index < -0.39 is 0 Å². The molecular formula is C14H10Cl2N2O. The van der Waals surface area contributed by atoms with Crippen molar-refractivity contribution < 1.29 is 4.74 Å². The summed E-state index contributed by atoms with van der Waals surface area (Å²) in [6.07, 6.45) is 0. The van der Waals surface area contributed by atoms with Crippen LogP contribution in [0.3, 0.4) is 0 Å². The highest BCUT2D eigenvalue weighted by Crippen LogP contribution is 2.33. The van der Waals surface area contributed by atoms with Gasteiger partial charge in [0.25, 0.3) is 0 Å². The molecule has 0 bridgehead atoms. The van der Waals surface area contributed by atoms with Crippen molar-refractivity contribution in [3.8, 4) is 17.1 Å². The smallest absolute Gasteiger partial charge is 0.140 e. The van der Waals surface area contributed by atoms with Gasteiger partial charge in [-0.25, -0.2) is 4.98 Å². The van der Waals surface area contributed by atoms with Crippen LogP contribution in [0, 0.1) is 0 Å². The minimum absolute atomic E-state index is 0.496. The molecule has 96 valence electrons. The molecule has 0 fully saturated rings. The Balaban J connectivity index is 2.18. The summed E-state index contributed by atoms with van der Waals surface area (Å²) in [5.41, 5.74) is 2.53.